The molecule has 1 fully saturated rings. The predicted molar refractivity (Wildman–Crippen MR) is 78.1 cm³/mol. The number of ether oxygens (including phenoxy) is 1. The van der Waals surface area contributed by atoms with Gasteiger partial charge in [-0.05, 0) is 32.1 Å². The van der Waals surface area contributed by atoms with Gasteiger partial charge in [0.1, 0.15) is 0 Å². The van der Waals surface area contributed by atoms with Crippen molar-refractivity contribution in [1.82, 2.24) is 10.6 Å². The number of carbonyl (C=O) groups is 1. The van der Waals surface area contributed by atoms with Gasteiger partial charge in [0, 0.05) is 31.7 Å². The lowest BCUT2D eigenvalue weighted by atomic mass is 9.95. The Labute approximate surface area is 117 Å². The van der Waals surface area contributed by atoms with Crippen LogP contribution in [0.5, 0.6) is 0 Å². The Balaban J connectivity index is 2.16. The van der Waals surface area contributed by atoms with Crippen LogP contribution in [0.2, 0.25) is 0 Å². The zero-order valence-corrected chi connectivity index (χ0v) is 12.9. The average Bonchev–Trinajstić information content (AvgIpc) is 2.38. The Hall–Kier alpha value is -0.610. The van der Waals surface area contributed by atoms with Crippen LogP contribution < -0.4 is 10.6 Å². The molecule has 0 aromatic rings. The number of hydrogen-bond acceptors (Lipinski definition) is 3. The summed E-state index contributed by atoms with van der Waals surface area (Å²) in [5.41, 5.74) is 0. The van der Waals surface area contributed by atoms with Crippen molar-refractivity contribution in [2.24, 2.45) is 5.92 Å². The lowest BCUT2D eigenvalue weighted by Gasteiger charge is -2.32. The monoisotopic (exact) mass is 270 g/mol. The van der Waals surface area contributed by atoms with Gasteiger partial charge in [-0.1, -0.05) is 20.8 Å². The van der Waals surface area contributed by atoms with E-state index in [-0.39, 0.29) is 11.9 Å². The summed E-state index contributed by atoms with van der Waals surface area (Å²) in [6.07, 6.45) is 4.02. The maximum absolute atomic E-state index is 11.7. The third-order valence-corrected chi connectivity index (χ3v) is 3.86. The fraction of sp³-hybridized carbons (Fsp3) is 0.933. The minimum Gasteiger partial charge on any atom is -0.378 e. The molecule has 1 amide bonds. The van der Waals surface area contributed by atoms with Gasteiger partial charge in [0.15, 0.2) is 0 Å². The van der Waals surface area contributed by atoms with Crippen LogP contribution in [0.1, 0.15) is 53.4 Å². The van der Waals surface area contributed by atoms with Gasteiger partial charge in [-0.25, -0.2) is 0 Å². The quantitative estimate of drug-likeness (QED) is 0.745. The summed E-state index contributed by atoms with van der Waals surface area (Å²) in [5.74, 6) is 0.715. The molecule has 1 heterocycles. The van der Waals surface area contributed by atoms with E-state index < -0.39 is 0 Å². The molecular weight excluding hydrogens is 240 g/mol. The largest absolute Gasteiger partial charge is 0.378 e. The molecule has 2 N–H and O–H groups in total. The van der Waals surface area contributed by atoms with Crippen LogP contribution in [0.25, 0.3) is 0 Å². The molecule has 112 valence electrons. The molecule has 1 saturated heterocycles. The van der Waals surface area contributed by atoms with E-state index in [1.807, 2.05) is 6.92 Å². The fourth-order valence-electron chi connectivity index (χ4n) is 2.32. The lowest BCUT2D eigenvalue weighted by Crippen LogP contribution is -2.42. The number of rotatable bonds is 7. The van der Waals surface area contributed by atoms with Gasteiger partial charge >= 0.3 is 0 Å². The highest BCUT2D eigenvalue weighted by Crippen LogP contribution is 2.19. The first-order valence-corrected chi connectivity index (χ1v) is 7.67. The molecule has 3 unspecified atom stereocenters. The van der Waals surface area contributed by atoms with Crippen LogP contribution in [0.3, 0.4) is 0 Å². The van der Waals surface area contributed by atoms with Crippen molar-refractivity contribution >= 4 is 5.91 Å². The number of nitrogens with one attached hydrogen (secondary N) is 2. The predicted octanol–water partition coefficient (Wildman–Crippen LogP) is 2.08. The molecule has 0 saturated carbocycles. The summed E-state index contributed by atoms with van der Waals surface area (Å²) >= 11 is 0. The molecule has 1 rings (SSSR count). The smallest absolute Gasteiger partial charge is 0.221 e. The minimum absolute atomic E-state index is 0.148. The number of hydrogen-bond donors (Lipinski definition) is 2. The highest BCUT2D eigenvalue weighted by molar-refractivity contribution is 5.76. The first-order chi connectivity index (χ1) is 9.02. The summed E-state index contributed by atoms with van der Waals surface area (Å²) in [6.45, 7) is 10.1. The van der Waals surface area contributed by atoms with Crippen LogP contribution in [0, 0.1) is 5.92 Å². The zero-order chi connectivity index (χ0) is 14.3. The summed E-state index contributed by atoms with van der Waals surface area (Å²) in [5, 5.41) is 6.48. The first kappa shape index (κ1) is 16.4. The van der Waals surface area contributed by atoms with Crippen molar-refractivity contribution in [3.63, 3.8) is 0 Å². The van der Waals surface area contributed by atoms with E-state index >= 15 is 0 Å². The van der Waals surface area contributed by atoms with E-state index in [1.165, 1.54) is 0 Å². The molecule has 4 heteroatoms. The molecule has 0 spiro atoms. The van der Waals surface area contributed by atoms with Crippen molar-refractivity contribution in [1.29, 1.82) is 0 Å². The highest BCUT2D eigenvalue weighted by Gasteiger charge is 2.24. The van der Waals surface area contributed by atoms with Crippen LogP contribution in [0.15, 0.2) is 0 Å². The molecule has 1 aliphatic rings. The standard InChI is InChI=1S/C15H30N2O2/c1-5-12(4)17-15(18)6-8-16-13-7-9-19-14(10-13)11(2)3/h11-14,16H,5-10H2,1-4H3,(H,17,18). The Bertz CT molecular complexity index is 269. The second kappa shape index (κ2) is 8.54. The van der Waals surface area contributed by atoms with E-state index in [0.717, 1.165) is 32.4 Å². The van der Waals surface area contributed by atoms with E-state index in [9.17, 15) is 4.79 Å². The third-order valence-electron chi connectivity index (χ3n) is 3.86. The highest BCUT2D eigenvalue weighted by atomic mass is 16.5. The van der Waals surface area contributed by atoms with Gasteiger partial charge in [0.05, 0.1) is 6.10 Å². The second-order valence-electron chi connectivity index (χ2n) is 5.96. The van der Waals surface area contributed by atoms with Crippen molar-refractivity contribution in [2.45, 2.75) is 71.6 Å². The topological polar surface area (TPSA) is 50.4 Å². The minimum atomic E-state index is 0.148. The molecule has 0 radical (unpaired) electrons. The SMILES string of the molecule is CCC(C)NC(=O)CCNC1CCOC(C(C)C)C1. The van der Waals surface area contributed by atoms with Crippen LogP contribution in [0.4, 0.5) is 0 Å². The number of carbonyl (C=O) groups excluding carboxylic acids is 1. The Kier molecular flexibility index (Phi) is 7.39. The first-order valence-electron chi connectivity index (χ1n) is 7.67. The molecule has 19 heavy (non-hydrogen) atoms. The fourth-order valence-corrected chi connectivity index (χ4v) is 2.32. The van der Waals surface area contributed by atoms with E-state index in [0.29, 0.717) is 24.5 Å². The van der Waals surface area contributed by atoms with Gasteiger partial charge in [-0.3, -0.25) is 4.79 Å². The molecule has 0 aromatic carbocycles. The third kappa shape index (κ3) is 6.39. The maximum Gasteiger partial charge on any atom is 0.221 e. The van der Waals surface area contributed by atoms with Crippen molar-refractivity contribution in [3.05, 3.63) is 0 Å². The van der Waals surface area contributed by atoms with Crippen molar-refractivity contribution in [2.75, 3.05) is 13.2 Å². The van der Waals surface area contributed by atoms with E-state index in [1.54, 1.807) is 0 Å². The van der Waals surface area contributed by atoms with Crippen molar-refractivity contribution < 1.29 is 9.53 Å². The van der Waals surface area contributed by atoms with Gasteiger partial charge in [-0.2, -0.15) is 0 Å². The van der Waals surface area contributed by atoms with Crippen LogP contribution in [-0.4, -0.2) is 37.2 Å². The number of amides is 1. The molecule has 0 aromatic heterocycles. The average molecular weight is 270 g/mol. The summed E-state index contributed by atoms with van der Waals surface area (Å²) in [4.78, 5) is 11.7. The summed E-state index contributed by atoms with van der Waals surface area (Å²) < 4.78 is 5.74. The summed E-state index contributed by atoms with van der Waals surface area (Å²) in [6, 6.07) is 0.776. The maximum atomic E-state index is 11.7. The Morgan fingerprint density at radius 3 is 2.74 bits per heavy atom. The second-order valence-corrected chi connectivity index (χ2v) is 5.96. The normalized spacial score (nSPS) is 25.3. The van der Waals surface area contributed by atoms with E-state index in [4.69, 9.17) is 4.74 Å². The molecule has 3 atom stereocenters. The van der Waals surface area contributed by atoms with E-state index in [2.05, 4.69) is 31.4 Å². The van der Waals surface area contributed by atoms with Crippen LogP contribution in [-0.2, 0) is 9.53 Å². The van der Waals surface area contributed by atoms with Gasteiger partial charge in [-0.15, -0.1) is 0 Å². The van der Waals surface area contributed by atoms with Gasteiger partial charge < -0.3 is 15.4 Å². The zero-order valence-electron chi connectivity index (χ0n) is 12.9. The molecule has 1 aliphatic heterocycles. The molecular formula is C15H30N2O2. The molecule has 0 bridgehead atoms. The molecule has 4 nitrogen and oxygen atoms in total. The Morgan fingerprint density at radius 2 is 2.11 bits per heavy atom. The van der Waals surface area contributed by atoms with Gasteiger partial charge in [0.2, 0.25) is 5.91 Å². The van der Waals surface area contributed by atoms with Crippen molar-refractivity contribution in [3.8, 4) is 0 Å². The van der Waals surface area contributed by atoms with Crippen LogP contribution >= 0.6 is 0 Å². The lowest BCUT2D eigenvalue weighted by molar-refractivity contribution is -0.121. The molecule has 0 aliphatic carbocycles. The summed E-state index contributed by atoms with van der Waals surface area (Å²) in [7, 11) is 0. The van der Waals surface area contributed by atoms with Gasteiger partial charge in [0.25, 0.3) is 0 Å². The Morgan fingerprint density at radius 1 is 1.37 bits per heavy atom.